The smallest absolute Gasteiger partial charge is 0.187 e. The van der Waals surface area contributed by atoms with E-state index in [1.54, 1.807) is 0 Å². The average Bonchev–Trinajstić information content (AvgIpc) is 1.86. The van der Waals surface area contributed by atoms with Crippen molar-refractivity contribution < 1.29 is 0 Å². The van der Waals surface area contributed by atoms with Gasteiger partial charge in [-0.3, -0.25) is 0 Å². The van der Waals surface area contributed by atoms with Crippen LogP contribution in [0.5, 0.6) is 0 Å². The first-order chi connectivity index (χ1) is 5.07. The Labute approximate surface area is 66.8 Å². The van der Waals surface area contributed by atoms with Crippen LogP contribution < -0.4 is 22.9 Å². The van der Waals surface area contributed by atoms with Crippen molar-refractivity contribution in [2.45, 2.75) is 32.0 Å². The third-order valence-electron chi connectivity index (χ3n) is 1.36. The van der Waals surface area contributed by atoms with Crippen LogP contribution in [0.3, 0.4) is 0 Å². The van der Waals surface area contributed by atoms with E-state index in [1.165, 1.54) is 0 Å². The standard InChI is InChI=1S/C6H17N5/c1-2-3-4(7)5(8)11-6(9)10/h4-5H,2-3,7-8H2,1H3,(H4,9,10,11). The molecule has 0 saturated carbocycles. The minimum Gasteiger partial charge on any atom is -0.370 e. The van der Waals surface area contributed by atoms with Gasteiger partial charge in [0.05, 0.1) is 0 Å². The molecule has 0 fully saturated rings. The first-order valence-corrected chi connectivity index (χ1v) is 3.67. The number of nitrogens with zero attached hydrogens (tertiary/aromatic N) is 1. The second-order valence-corrected chi connectivity index (χ2v) is 2.50. The van der Waals surface area contributed by atoms with Crippen molar-refractivity contribution in [3.63, 3.8) is 0 Å². The molecule has 11 heavy (non-hydrogen) atoms. The molecule has 2 unspecified atom stereocenters. The van der Waals surface area contributed by atoms with Crippen molar-refractivity contribution in [3.8, 4) is 0 Å². The van der Waals surface area contributed by atoms with E-state index >= 15 is 0 Å². The first-order valence-electron chi connectivity index (χ1n) is 3.67. The van der Waals surface area contributed by atoms with Crippen LogP contribution in [0.25, 0.3) is 0 Å². The highest BCUT2D eigenvalue weighted by atomic mass is 15.1. The van der Waals surface area contributed by atoms with Crippen molar-refractivity contribution in [3.05, 3.63) is 0 Å². The van der Waals surface area contributed by atoms with E-state index in [9.17, 15) is 0 Å². The number of hydrogen-bond donors (Lipinski definition) is 4. The molecule has 8 N–H and O–H groups in total. The fourth-order valence-corrected chi connectivity index (χ4v) is 0.772. The van der Waals surface area contributed by atoms with Gasteiger partial charge in [-0.05, 0) is 6.42 Å². The zero-order valence-electron chi connectivity index (χ0n) is 6.83. The molecule has 0 aromatic heterocycles. The molecule has 0 rings (SSSR count). The van der Waals surface area contributed by atoms with Gasteiger partial charge in [0, 0.05) is 6.04 Å². The van der Waals surface area contributed by atoms with Crippen molar-refractivity contribution in [2.24, 2.45) is 27.9 Å². The highest BCUT2D eigenvalue weighted by molar-refractivity contribution is 5.75. The highest BCUT2D eigenvalue weighted by Gasteiger charge is 2.09. The summed E-state index contributed by atoms with van der Waals surface area (Å²) in [7, 11) is 0. The monoisotopic (exact) mass is 159 g/mol. The van der Waals surface area contributed by atoms with Crippen LogP contribution in [0.15, 0.2) is 4.99 Å². The maximum absolute atomic E-state index is 5.63. The molecule has 5 heteroatoms. The molecule has 0 heterocycles. The fraction of sp³-hybridized carbons (Fsp3) is 0.833. The summed E-state index contributed by atoms with van der Waals surface area (Å²) in [5.74, 6) is -0.0101. The Bertz CT molecular complexity index is 129. The van der Waals surface area contributed by atoms with Gasteiger partial charge in [0.2, 0.25) is 0 Å². The third-order valence-corrected chi connectivity index (χ3v) is 1.36. The molecule has 0 aliphatic rings. The van der Waals surface area contributed by atoms with Crippen LogP contribution >= 0.6 is 0 Å². The minimum absolute atomic E-state index is 0.0101. The predicted octanol–water partition coefficient (Wildman–Crippen LogP) is -1.33. The van der Waals surface area contributed by atoms with E-state index < -0.39 is 6.17 Å². The third kappa shape index (κ3) is 4.58. The average molecular weight is 159 g/mol. The Kier molecular flexibility index (Phi) is 4.56. The van der Waals surface area contributed by atoms with E-state index in [0.29, 0.717) is 0 Å². The van der Waals surface area contributed by atoms with Gasteiger partial charge in [-0.2, -0.15) is 0 Å². The summed E-state index contributed by atoms with van der Waals surface area (Å²) in [5, 5.41) is 0. The number of rotatable bonds is 4. The maximum atomic E-state index is 5.63. The SMILES string of the molecule is CCCC(N)C(N)N=C(N)N. The lowest BCUT2D eigenvalue weighted by Gasteiger charge is -2.14. The Hall–Kier alpha value is -0.810. The quantitative estimate of drug-likeness (QED) is 0.300. The summed E-state index contributed by atoms with van der Waals surface area (Å²) >= 11 is 0. The van der Waals surface area contributed by atoms with Crippen molar-refractivity contribution in [2.75, 3.05) is 0 Å². The first kappa shape index (κ1) is 10.2. The maximum Gasteiger partial charge on any atom is 0.187 e. The Morgan fingerprint density at radius 2 is 1.91 bits per heavy atom. The van der Waals surface area contributed by atoms with Gasteiger partial charge in [0.1, 0.15) is 6.17 Å². The van der Waals surface area contributed by atoms with E-state index in [0.717, 1.165) is 12.8 Å². The molecule has 0 amide bonds. The zero-order chi connectivity index (χ0) is 8.85. The van der Waals surface area contributed by atoms with E-state index in [1.807, 2.05) is 6.92 Å². The topological polar surface area (TPSA) is 116 Å². The molecule has 66 valence electrons. The second-order valence-electron chi connectivity index (χ2n) is 2.50. The molecule has 0 radical (unpaired) electrons. The van der Waals surface area contributed by atoms with Gasteiger partial charge in [0.25, 0.3) is 0 Å². The number of hydrogen-bond acceptors (Lipinski definition) is 3. The molecule has 0 spiro atoms. The minimum atomic E-state index is -0.472. The predicted molar refractivity (Wildman–Crippen MR) is 46.7 cm³/mol. The fourth-order valence-electron chi connectivity index (χ4n) is 0.772. The summed E-state index contributed by atoms with van der Waals surface area (Å²) in [6.07, 6.45) is 1.34. The molecular formula is C6H17N5. The molecule has 0 aromatic rings. The van der Waals surface area contributed by atoms with Crippen LogP contribution in [-0.2, 0) is 0 Å². The van der Waals surface area contributed by atoms with Crippen LogP contribution in [-0.4, -0.2) is 18.2 Å². The Morgan fingerprint density at radius 3 is 2.27 bits per heavy atom. The summed E-state index contributed by atoms with van der Waals surface area (Å²) in [6, 6.07) is -0.151. The van der Waals surface area contributed by atoms with Crippen LogP contribution in [0.1, 0.15) is 19.8 Å². The van der Waals surface area contributed by atoms with Crippen LogP contribution in [0.2, 0.25) is 0 Å². The van der Waals surface area contributed by atoms with Gasteiger partial charge < -0.3 is 22.9 Å². The molecule has 0 bridgehead atoms. The van der Waals surface area contributed by atoms with Crippen LogP contribution in [0, 0.1) is 0 Å². The molecule has 2 atom stereocenters. The lowest BCUT2D eigenvalue weighted by Crippen LogP contribution is -2.42. The number of guanidine groups is 1. The second kappa shape index (κ2) is 4.92. The summed E-state index contributed by atoms with van der Waals surface area (Å²) in [6.45, 7) is 2.03. The zero-order valence-corrected chi connectivity index (χ0v) is 6.83. The van der Waals surface area contributed by atoms with Gasteiger partial charge in [0.15, 0.2) is 5.96 Å². The van der Waals surface area contributed by atoms with Crippen molar-refractivity contribution >= 4 is 5.96 Å². The van der Waals surface area contributed by atoms with Gasteiger partial charge in [-0.1, -0.05) is 13.3 Å². The number of nitrogens with two attached hydrogens (primary N) is 4. The molecule has 0 aliphatic heterocycles. The molecule has 5 nitrogen and oxygen atoms in total. The molecular weight excluding hydrogens is 142 g/mol. The summed E-state index contributed by atoms with van der Waals surface area (Å²) in [4.78, 5) is 3.72. The van der Waals surface area contributed by atoms with Crippen molar-refractivity contribution in [1.82, 2.24) is 0 Å². The number of aliphatic imine (C=N–C) groups is 1. The van der Waals surface area contributed by atoms with Crippen LogP contribution in [0.4, 0.5) is 0 Å². The summed E-state index contributed by atoms with van der Waals surface area (Å²) < 4.78 is 0. The van der Waals surface area contributed by atoms with Crippen molar-refractivity contribution in [1.29, 1.82) is 0 Å². The highest BCUT2D eigenvalue weighted by Crippen LogP contribution is 1.97. The van der Waals surface area contributed by atoms with E-state index in [2.05, 4.69) is 4.99 Å². The molecule has 0 aromatic carbocycles. The lowest BCUT2D eigenvalue weighted by atomic mass is 10.1. The Balaban J connectivity index is 3.82. The van der Waals surface area contributed by atoms with E-state index in [4.69, 9.17) is 22.9 Å². The summed E-state index contributed by atoms with van der Waals surface area (Å²) in [5.41, 5.74) is 21.4. The molecule has 0 aliphatic carbocycles. The lowest BCUT2D eigenvalue weighted by molar-refractivity contribution is 0.503. The van der Waals surface area contributed by atoms with Gasteiger partial charge in [-0.15, -0.1) is 0 Å². The van der Waals surface area contributed by atoms with Gasteiger partial charge in [-0.25, -0.2) is 4.99 Å². The van der Waals surface area contributed by atoms with Gasteiger partial charge >= 0.3 is 0 Å². The normalized spacial score (nSPS) is 15.5. The molecule has 0 saturated heterocycles. The van der Waals surface area contributed by atoms with E-state index in [-0.39, 0.29) is 12.0 Å². The Morgan fingerprint density at radius 1 is 1.36 bits per heavy atom. The largest absolute Gasteiger partial charge is 0.370 e.